The van der Waals surface area contributed by atoms with Crippen LogP contribution < -0.4 is 18.9 Å². The Morgan fingerprint density at radius 3 is 2.15 bits per heavy atom. The van der Waals surface area contributed by atoms with Crippen LogP contribution in [0.5, 0.6) is 34.5 Å². The lowest BCUT2D eigenvalue weighted by atomic mass is 9.77. The summed E-state index contributed by atoms with van der Waals surface area (Å²) in [5.41, 5.74) is 5.39. The lowest BCUT2D eigenvalue weighted by molar-refractivity contribution is 0.0878. The number of ether oxygens (including phenoxy) is 4. The van der Waals surface area contributed by atoms with Gasteiger partial charge in [-0.2, -0.15) is 0 Å². The Balaban J connectivity index is 1.62. The Morgan fingerprint density at radius 2 is 1.48 bits per heavy atom. The zero-order valence-electron chi connectivity index (χ0n) is 18.7. The van der Waals surface area contributed by atoms with Gasteiger partial charge in [-0.25, -0.2) is 0 Å². The first-order valence-corrected chi connectivity index (χ1v) is 10.8. The molecule has 3 aromatic carbocycles. The Labute approximate surface area is 191 Å². The van der Waals surface area contributed by atoms with Crippen molar-refractivity contribution in [2.24, 2.45) is 0 Å². The third kappa shape index (κ3) is 3.31. The SMILES string of the molecule is COc1cc([C@@H]2COc3ccc4c(c3[C@H]2O)CCc2c(OC)cc(O)cc2-4)cc(OC)c1O. The van der Waals surface area contributed by atoms with E-state index in [1.165, 1.54) is 14.2 Å². The molecule has 0 radical (unpaired) electrons. The van der Waals surface area contributed by atoms with Crippen molar-refractivity contribution in [3.05, 3.63) is 58.7 Å². The fraction of sp³-hybridized carbons (Fsp3) is 0.308. The molecule has 5 rings (SSSR count). The van der Waals surface area contributed by atoms with Crippen LogP contribution in [0, 0.1) is 0 Å². The molecular weight excluding hydrogens is 424 g/mol. The summed E-state index contributed by atoms with van der Waals surface area (Å²) in [5.74, 6) is 1.53. The third-order valence-electron chi connectivity index (χ3n) is 6.67. The summed E-state index contributed by atoms with van der Waals surface area (Å²) in [7, 11) is 4.54. The first-order valence-electron chi connectivity index (χ1n) is 10.8. The van der Waals surface area contributed by atoms with Crippen LogP contribution in [0.4, 0.5) is 0 Å². The highest BCUT2D eigenvalue weighted by Crippen LogP contribution is 2.50. The van der Waals surface area contributed by atoms with Crippen LogP contribution in [-0.2, 0) is 12.8 Å². The van der Waals surface area contributed by atoms with Crippen LogP contribution in [-0.4, -0.2) is 43.3 Å². The van der Waals surface area contributed by atoms with Gasteiger partial charge in [0.2, 0.25) is 5.75 Å². The first kappa shape index (κ1) is 21.3. The summed E-state index contributed by atoms with van der Waals surface area (Å²) in [6.07, 6.45) is 0.603. The van der Waals surface area contributed by atoms with E-state index in [2.05, 4.69) is 0 Å². The minimum Gasteiger partial charge on any atom is -0.508 e. The van der Waals surface area contributed by atoms with E-state index in [9.17, 15) is 15.3 Å². The molecule has 172 valence electrons. The molecule has 0 unspecified atom stereocenters. The van der Waals surface area contributed by atoms with Gasteiger partial charge in [-0.05, 0) is 59.4 Å². The maximum absolute atomic E-state index is 11.5. The zero-order valence-corrected chi connectivity index (χ0v) is 18.7. The van der Waals surface area contributed by atoms with E-state index in [4.69, 9.17) is 18.9 Å². The Morgan fingerprint density at radius 1 is 0.818 bits per heavy atom. The molecule has 3 N–H and O–H groups in total. The van der Waals surface area contributed by atoms with Crippen molar-refractivity contribution in [1.29, 1.82) is 0 Å². The van der Waals surface area contributed by atoms with E-state index in [0.29, 0.717) is 17.9 Å². The molecule has 0 fully saturated rings. The Bertz CT molecular complexity index is 1210. The monoisotopic (exact) mass is 450 g/mol. The van der Waals surface area contributed by atoms with Gasteiger partial charge in [-0.15, -0.1) is 0 Å². The second-order valence-electron chi connectivity index (χ2n) is 8.31. The molecule has 0 bridgehead atoms. The molecule has 7 nitrogen and oxygen atoms in total. The van der Waals surface area contributed by atoms with Gasteiger partial charge in [-0.1, -0.05) is 6.07 Å². The number of aliphatic hydroxyl groups excluding tert-OH is 1. The van der Waals surface area contributed by atoms with Gasteiger partial charge in [0.15, 0.2) is 11.5 Å². The molecule has 0 aromatic heterocycles. The topological polar surface area (TPSA) is 97.6 Å². The number of hydrogen-bond donors (Lipinski definition) is 3. The highest BCUT2D eigenvalue weighted by molar-refractivity contribution is 5.79. The van der Waals surface area contributed by atoms with E-state index in [1.807, 2.05) is 12.1 Å². The number of hydrogen-bond acceptors (Lipinski definition) is 7. The summed E-state index contributed by atoms with van der Waals surface area (Å²) < 4.78 is 22.2. The van der Waals surface area contributed by atoms with Gasteiger partial charge < -0.3 is 34.3 Å². The fourth-order valence-corrected chi connectivity index (χ4v) is 5.05. The normalized spacial score (nSPS) is 18.4. The average molecular weight is 450 g/mol. The minimum atomic E-state index is -0.830. The predicted octanol–water partition coefficient (Wildman–Crippen LogP) is 4.10. The maximum atomic E-state index is 11.5. The molecule has 3 aromatic rings. The minimum absolute atomic E-state index is 0.0851. The van der Waals surface area contributed by atoms with Crippen molar-refractivity contribution < 1.29 is 34.3 Å². The summed E-state index contributed by atoms with van der Waals surface area (Å²) in [6, 6.07) is 10.6. The third-order valence-corrected chi connectivity index (χ3v) is 6.67. The number of fused-ring (bicyclic) bond motifs is 5. The molecule has 1 aliphatic heterocycles. The van der Waals surface area contributed by atoms with Crippen LogP contribution >= 0.6 is 0 Å². The molecule has 33 heavy (non-hydrogen) atoms. The quantitative estimate of drug-likeness (QED) is 0.551. The number of phenols is 2. The van der Waals surface area contributed by atoms with Gasteiger partial charge in [0, 0.05) is 23.1 Å². The van der Waals surface area contributed by atoms with Crippen molar-refractivity contribution >= 4 is 0 Å². The molecule has 0 spiro atoms. The average Bonchev–Trinajstić information content (AvgIpc) is 2.83. The summed E-state index contributed by atoms with van der Waals surface area (Å²) in [4.78, 5) is 0. The van der Waals surface area contributed by atoms with Gasteiger partial charge in [0.1, 0.15) is 17.2 Å². The van der Waals surface area contributed by atoms with E-state index >= 15 is 0 Å². The van der Waals surface area contributed by atoms with E-state index in [1.54, 1.807) is 31.4 Å². The maximum Gasteiger partial charge on any atom is 0.200 e. The first-order chi connectivity index (χ1) is 16.0. The van der Waals surface area contributed by atoms with Crippen molar-refractivity contribution in [2.45, 2.75) is 24.9 Å². The smallest absolute Gasteiger partial charge is 0.200 e. The van der Waals surface area contributed by atoms with Crippen molar-refractivity contribution in [1.82, 2.24) is 0 Å². The predicted molar refractivity (Wildman–Crippen MR) is 122 cm³/mol. The van der Waals surface area contributed by atoms with Crippen molar-refractivity contribution in [3.63, 3.8) is 0 Å². The fourth-order valence-electron chi connectivity index (χ4n) is 5.05. The van der Waals surface area contributed by atoms with Crippen LogP contribution in [0.15, 0.2) is 36.4 Å². The number of phenolic OH excluding ortho intramolecular Hbond substituents is 2. The molecule has 1 aliphatic carbocycles. The van der Waals surface area contributed by atoms with Crippen LogP contribution in [0.3, 0.4) is 0 Å². The molecule has 0 saturated heterocycles. The number of aliphatic hydroxyl groups is 1. The lowest BCUT2D eigenvalue weighted by Crippen LogP contribution is -2.26. The van der Waals surface area contributed by atoms with Crippen LogP contribution in [0.2, 0.25) is 0 Å². The van der Waals surface area contributed by atoms with Gasteiger partial charge in [0.05, 0.1) is 34.0 Å². The van der Waals surface area contributed by atoms with Crippen LogP contribution in [0.25, 0.3) is 11.1 Å². The van der Waals surface area contributed by atoms with Crippen molar-refractivity contribution in [3.8, 4) is 45.6 Å². The number of rotatable bonds is 4. The summed E-state index contributed by atoms with van der Waals surface area (Å²) in [6.45, 7) is 0.273. The molecule has 1 heterocycles. The number of aromatic hydroxyl groups is 2. The highest BCUT2D eigenvalue weighted by atomic mass is 16.5. The standard InChI is InChI=1S/C26H26O7/c1-30-21-11-14(27)10-18-15-6-7-20-24(17(15)5-4-16(18)21)25(28)19(12-33-20)13-8-22(31-2)26(29)23(9-13)32-3/h6-11,19,25,27-29H,4-5,12H2,1-3H3/t19-,25-/m0/s1. The van der Waals surface area contributed by atoms with E-state index < -0.39 is 6.10 Å². The second kappa shape index (κ2) is 8.08. The Hall–Kier alpha value is -3.58. The molecule has 2 atom stereocenters. The molecule has 7 heteroatoms. The molecule has 0 saturated carbocycles. The summed E-state index contributed by atoms with van der Waals surface area (Å²) in [5, 5.41) is 32.0. The number of benzene rings is 3. The van der Waals surface area contributed by atoms with E-state index in [0.717, 1.165) is 39.8 Å². The van der Waals surface area contributed by atoms with Crippen molar-refractivity contribution in [2.75, 3.05) is 27.9 Å². The highest BCUT2D eigenvalue weighted by Gasteiger charge is 2.36. The largest absolute Gasteiger partial charge is 0.508 e. The zero-order chi connectivity index (χ0) is 23.3. The molecule has 2 aliphatic rings. The Kier molecular flexibility index (Phi) is 5.21. The van der Waals surface area contributed by atoms with Gasteiger partial charge in [0.25, 0.3) is 0 Å². The van der Waals surface area contributed by atoms with E-state index in [-0.39, 0.29) is 35.5 Å². The van der Waals surface area contributed by atoms with Gasteiger partial charge >= 0.3 is 0 Å². The molecule has 0 amide bonds. The van der Waals surface area contributed by atoms with Gasteiger partial charge in [-0.3, -0.25) is 0 Å². The van der Waals surface area contributed by atoms with Crippen LogP contribution in [0.1, 0.15) is 34.3 Å². The number of methoxy groups -OCH3 is 3. The summed E-state index contributed by atoms with van der Waals surface area (Å²) >= 11 is 0. The lowest BCUT2D eigenvalue weighted by Gasteiger charge is -2.35. The molecular formula is C26H26O7. The second-order valence-corrected chi connectivity index (χ2v) is 8.31.